The van der Waals surface area contributed by atoms with Crippen molar-refractivity contribution in [1.82, 2.24) is 4.98 Å². The van der Waals surface area contributed by atoms with Crippen LogP contribution in [0.25, 0.3) is 0 Å². The Morgan fingerprint density at radius 1 is 1.19 bits per heavy atom. The second kappa shape index (κ2) is 6.65. The first kappa shape index (κ1) is 14.7. The Morgan fingerprint density at radius 3 is 2.57 bits per heavy atom. The largest absolute Gasteiger partial charge is 0.465 e. The fourth-order valence-corrected chi connectivity index (χ4v) is 1.90. The number of benzene rings is 1. The van der Waals surface area contributed by atoms with Gasteiger partial charge < -0.3 is 10.1 Å². The molecule has 0 aliphatic heterocycles. The van der Waals surface area contributed by atoms with E-state index in [1.165, 1.54) is 25.4 Å². The van der Waals surface area contributed by atoms with Gasteiger partial charge in [-0.3, -0.25) is 9.78 Å². The fraction of sp³-hybridized carbons (Fsp3) is 0.188. The Morgan fingerprint density at radius 2 is 1.95 bits per heavy atom. The summed E-state index contributed by atoms with van der Waals surface area (Å²) in [6, 6.07) is 10.6. The first-order chi connectivity index (χ1) is 10.2. The highest BCUT2D eigenvalue weighted by Crippen LogP contribution is 2.16. The zero-order valence-electron chi connectivity index (χ0n) is 11.9. The summed E-state index contributed by atoms with van der Waals surface area (Å²) in [5.41, 5.74) is 2.37. The highest BCUT2D eigenvalue weighted by Gasteiger charge is 2.11. The second-order valence-corrected chi connectivity index (χ2v) is 4.39. The van der Waals surface area contributed by atoms with Crippen molar-refractivity contribution < 1.29 is 14.3 Å². The molecule has 2 aromatic rings. The lowest BCUT2D eigenvalue weighted by Gasteiger charge is -2.09. The molecule has 5 nitrogen and oxygen atoms in total. The Hall–Kier alpha value is -2.69. The summed E-state index contributed by atoms with van der Waals surface area (Å²) in [5.74, 6) is -0.793. The minimum absolute atomic E-state index is 0.244. The molecule has 108 valence electrons. The molecule has 0 aliphatic carbocycles. The van der Waals surface area contributed by atoms with E-state index in [-0.39, 0.29) is 11.6 Å². The molecule has 0 spiro atoms. The Balaban J connectivity index is 2.15. The van der Waals surface area contributed by atoms with Crippen molar-refractivity contribution in [3.63, 3.8) is 0 Å². The van der Waals surface area contributed by atoms with E-state index in [0.29, 0.717) is 5.56 Å². The monoisotopic (exact) mass is 284 g/mol. The van der Waals surface area contributed by atoms with Crippen LogP contribution >= 0.6 is 0 Å². The molecule has 21 heavy (non-hydrogen) atoms. The van der Waals surface area contributed by atoms with E-state index in [2.05, 4.69) is 15.0 Å². The zero-order valence-corrected chi connectivity index (χ0v) is 11.9. The number of aryl methyl sites for hydroxylation is 1. The molecular weight excluding hydrogens is 268 g/mol. The number of nitrogens with zero attached hydrogens (tertiary/aromatic N) is 1. The molecule has 0 fully saturated rings. The molecule has 5 heteroatoms. The number of aromatic nitrogens is 1. The number of carbonyl (C=O) groups excluding carboxylic acids is 2. The van der Waals surface area contributed by atoms with E-state index in [9.17, 15) is 9.59 Å². The number of para-hydroxylation sites is 1. The van der Waals surface area contributed by atoms with Crippen LogP contribution in [0.3, 0.4) is 0 Å². The first-order valence-electron chi connectivity index (χ1n) is 6.59. The number of amides is 1. The van der Waals surface area contributed by atoms with Gasteiger partial charge in [0, 0.05) is 11.9 Å². The molecule has 0 unspecified atom stereocenters. The molecule has 1 aromatic heterocycles. The summed E-state index contributed by atoms with van der Waals surface area (Å²) < 4.78 is 4.58. The van der Waals surface area contributed by atoms with E-state index in [4.69, 9.17) is 0 Å². The maximum atomic E-state index is 12.1. The molecule has 1 N–H and O–H groups in total. The first-order valence-corrected chi connectivity index (χ1v) is 6.59. The molecule has 1 aromatic carbocycles. The predicted octanol–water partition coefficient (Wildman–Crippen LogP) is 2.68. The Bertz CT molecular complexity index is 651. The summed E-state index contributed by atoms with van der Waals surface area (Å²) >= 11 is 0. The van der Waals surface area contributed by atoms with E-state index < -0.39 is 5.97 Å². The normalized spacial score (nSPS) is 10.0. The lowest BCUT2D eigenvalue weighted by atomic mass is 10.1. The van der Waals surface area contributed by atoms with Gasteiger partial charge in [0.2, 0.25) is 0 Å². The van der Waals surface area contributed by atoms with Crippen molar-refractivity contribution in [2.24, 2.45) is 0 Å². The highest BCUT2D eigenvalue weighted by atomic mass is 16.5. The van der Waals surface area contributed by atoms with Crippen LogP contribution in [0.4, 0.5) is 5.69 Å². The van der Waals surface area contributed by atoms with E-state index >= 15 is 0 Å². The molecule has 0 aliphatic rings. The highest BCUT2D eigenvalue weighted by molar-refractivity contribution is 6.03. The molecular formula is C16H16N2O3. The summed E-state index contributed by atoms with van der Waals surface area (Å²) in [6.45, 7) is 2.02. The van der Waals surface area contributed by atoms with Gasteiger partial charge in [0.1, 0.15) is 5.69 Å². The summed E-state index contributed by atoms with van der Waals surface area (Å²) in [6.07, 6.45) is 2.15. The smallest absolute Gasteiger partial charge is 0.339 e. The quantitative estimate of drug-likeness (QED) is 0.876. The van der Waals surface area contributed by atoms with Gasteiger partial charge in [-0.05, 0) is 30.2 Å². The third kappa shape index (κ3) is 3.45. The maximum absolute atomic E-state index is 12.1. The lowest BCUT2D eigenvalue weighted by molar-refractivity contribution is 0.0600. The summed E-state index contributed by atoms with van der Waals surface area (Å²) in [5, 5.41) is 2.82. The van der Waals surface area contributed by atoms with Crippen LogP contribution in [0.5, 0.6) is 0 Å². The number of ether oxygens (including phenoxy) is 1. The number of nitrogens with one attached hydrogen (secondary N) is 1. The maximum Gasteiger partial charge on any atom is 0.339 e. The van der Waals surface area contributed by atoms with Gasteiger partial charge in [0.05, 0.1) is 12.7 Å². The number of anilines is 1. The molecule has 0 saturated carbocycles. The minimum Gasteiger partial charge on any atom is -0.465 e. The standard InChI is InChI=1S/C16H16N2O3/c1-3-11-6-4-5-7-13(11)18-15(19)14-9-8-12(10-17-14)16(20)21-2/h4-10H,3H2,1-2H3,(H,18,19). The van der Waals surface area contributed by atoms with Gasteiger partial charge in [-0.15, -0.1) is 0 Å². The van der Waals surface area contributed by atoms with Crippen LogP contribution in [0.2, 0.25) is 0 Å². The Kier molecular flexibility index (Phi) is 4.66. The van der Waals surface area contributed by atoms with Crippen molar-refractivity contribution in [3.05, 3.63) is 59.4 Å². The molecule has 0 atom stereocenters. The molecule has 0 radical (unpaired) electrons. The van der Waals surface area contributed by atoms with Crippen molar-refractivity contribution in [2.45, 2.75) is 13.3 Å². The van der Waals surface area contributed by atoms with Gasteiger partial charge >= 0.3 is 5.97 Å². The number of esters is 1. The molecule has 2 rings (SSSR count). The van der Waals surface area contributed by atoms with E-state index in [1.807, 2.05) is 31.2 Å². The second-order valence-electron chi connectivity index (χ2n) is 4.39. The topological polar surface area (TPSA) is 68.3 Å². The van der Waals surface area contributed by atoms with Crippen LogP contribution < -0.4 is 5.32 Å². The van der Waals surface area contributed by atoms with Gasteiger partial charge in [0.15, 0.2) is 0 Å². The van der Waals surface area contributed by atoms with Crippen molar-refractivity contribution in [1.29, 1.82) is 0 Å². The average Bonchev–Trinajstić information content (AvgIpc) is 2.54. The van der Waals surface area contributed by atoms with E-state index in [1.54, 1.807) is 0 Å². The van der Waals surface area contributed by atoms with Crippen molar-refractivity contribution >= 4 is 17.6 Å². The number of hydrogen-bond donors (Lipinski definition) is 1. The number of methoxy groups -OCH3 is 1. The molecule has 0 bridgehead atoms. The number of hydrogen-bond acceptors (Lipinski definition) is 4. The third-order valence-electron chi connectivity index (χ3n) is 3.06. The van der Waals surface area contributed by atoms with Crippen LogP contribution in [-0.4, -0.2) is 24.0 Å². The Labute approximate surface area is 123 Å². The van der Waals surface area contributed by atoms with E-state index in [0.717, 1.165) is 17.7 Å². The average molecular weight is 284 g/mol. The summed E-state index contributed by atoms with van der Waals surface area (Å²) in [7, 11) is 1.30. The SMILES string of the molecule is CCc1ccccc1NC(=O)c1ccc(C(=O)OC)cn1. The molecule has 1 amide bonds. The van der Waals surface area contributed by atoms with Crippen LogP contribution in [0.1, 0.15) is 33.3 Å². The van der Waals surface area contributed by atoms with Gasteiger partial charge in [-0.1, -0.05) is 25.1 Å². The predicted molar refractivity (Wildman–Crippen MR) is 79.3 cm³/mol. The zero-order chi connectivity index (χ0) is 15.2. The number of rotatable bonds is 4. The van der Waals surface area contributed by atoms with Crippen LogP contribution in [0, 0.1) is 0 Å². The van der Waals surface area contributed by atoms with Crippen LogP contribution in [0.15, 0.2) is 42.6 Å². The molecule has 0 saturated heterocycles. The lowest BCUT2D eigenvalue weighted by Crippen LogP contribution is -2.15. The van der Waals surface area contributed by atoms with Gasteiger partial charge in [0.25, 0.3) is 5.91 Å². The van der Waals surface area contributed by atoms with Crippen molar-refractivity contribution in [3.8, 4) is 0 Å². The molecule has 1 heterocycles. The number of carbonyl (C=O) groups is 2. The van der Waals surface area contributed by atoms with Gasteiger partial charge in [-0.2, -0.15) is 0 Å². The van der Waals surface area contributed by atoms with Crippen molar-refractivity contribution in [2.75, 3.05) is 12.4 Å². The van der Waals surface area contributed by atoms with Gasteiger partial charge in [-0.25, -0.2) is 4.79 Å². The van der Waals surface area contributed by atoms with Crippen LogP contribution in [-0.2, 0) is 11.2 Å². The summed E-state index contributed by atoms with van der Waals surface area (Å²) in [4.78, 5) is 27.4. The third-order valence-corrected chi connectivity index (χ3v) is 3.06. The number of pyridine rings is 1. The fourth-order valence-electron chi connectivity index (χ4n) is 1.90. The minimum atomic E-state index is -0.481.